The van der Waals surface area contributed by atoms with E-state index in [0.29, 0.717) is 5.56 Å². The molecule has 1 saturated carbocycles. The van der Waals surface area contributed by atoms with Crippen molar-refractivity contribution in [3.05, 3.63) is 33.6 Å². The Morgan fingerprint density at radius 1 is 1.45 bits per heavy atom. The van der Waals surface area contributed by atoms with Gasteiger partial charge in [-0.3, -0.25) is 14.9 Å². The lowest BCUT2D eigenvalue weighted by Crippen LogP contribution is -2.19. The first-order valence-corrected chi connectivity index (χ1v) is 6.59. The quantitative estimate of drug-likeness (QED) is 0.614. The first-order valence-electron chi connectivity index (χ1n) is 6.59. The van der Waals surface area contributed by atoms with Crippen LogP contribution in [0.3, 0.4) is 0 Å². The van der Waals surface area contributed by atoms with Crippen LogP contribution in [0.25, 0.3) is 0 Å². The maximum Gasteiger partial charge on any atom is 0.275 e. The summed E-state index contributed by atoms with van der Waals surface area (Å²) in [6.07, 6.45) is 3.82. The Labute approximate surface area is 115 Å². The monoisotopic (exact) mass is 281 g/mol. The Balaban J connectivity index is 2.04. The molecule has 0 saturated heterocycles. The van der Waals surface area contributed by atoms with Crippen LogP contribution in [0.2, 0.25) is 0 Å². The average Bonchev–Trinajstić information content (AvgIpc) is 2.92. The van der Waals surface area contributed by atoms with Crippen LogP contribution in [-0.2, 0) is 4.79 Å². The lowest BCUT2D eigenvalue weighted by Gasteiger charge is -2.11. The summed E-state index contributed by atoms with van der Waals surface area (Å²) in [5, 5.41) is 10.7. The Morgan fingerprint density at radius 2 is 2.10 bits per heavy atom. The van der Waals surface area contributed by atoms with Crippen molar-refractivity contribution in [1.29, 1.82) is 0 Å². The van der Waals surface area contributed by atoms with Crippen molar-refractivity contribution < 1.29 is 18.8 Å². The standard InChI is InChI=1S/C14H16FNO4/c1-9-6-14(11(15)7-12(9)16(18)19)20-8-13(17)10-4-2-3-5-10/h6-7,10H,2-5,8H2,1H3. The molecule has 2 rings (SSSR count). The Kier molecular flexibility index (Phi) is 4.32. The fourth-order valence-electron chi connectivity index (χ4n) is 2.47. The highest BCUT2D eigenvalue weighted by Gasteiger charge is 2.23. The van der Waals surface area contributed by atoms with Gasteiger partial charge in [0.15, 0.2) is 17.3 Å². The number of ether oxygens (including phenoxy) is 1. The number of ketones is 1. The molecule has 0 radical (unpaired) electrons. The predicted octanol–water partition coefficient (Wildman–Crippen LogP) is 3.18. The summed E-state index contributed by atoms with van der Waals surface area (Å²) < 4.78 is 18.9. The number of carbonyl (C=O) groups excluding carboxylic acids is 1. The molecule has 0 heterocycles. The topological polar surface area (TPSA) is 69.4 Å². The Bertz CT molecular complexity index is 538. The van der Waals surface area contributed by atoms with Gasteiger partial charge in [-0.05, 0) is 25.8 Å². The maximum atomic E-state index is 13.7. The summed E-state index contributed by atoms with van der Waals surface area (Å²) in [5.74, 6) is -0.948. The summed E-state index contributed by atoms with van der Waals surface area (Å²) in [6.45, 7) is 1.32. The van der Waals surface area contributed by atoms with Crippen LogP contribution in [0.1, 0.15) is 31.2 Å². The molecule has 0 aliphatic heterocycles. The zero-order valence-electron chi connectivity index (χ0n) is 11.2. The van der Waals surface area contributed by atoms with Crippen molar-refractivity contribution in [2.75, 3.05) is 6.61 Å². The van der Waals surface area contributed by atoms with Crippen LogP contribution in [0, 0.1) is 28.8 Å². The van der Waals surface area contributed by atoms with Crippen LogP contribution in [0.15, 0.2) is 12.1 Å². The number of aryl methyl sites for hydroxylation is 1. The molecular formula is C14H16FNO4. The summed E-state index contributed by atoms with van der Waals surface area (Å²) >= 11 is 0. The molecule has 0 N–H and O–H groups in total. The molecule has 0 amide bonds. The van der Waals surface area contributed by atoms with Crippen LogP contribution in [0.5, 0.6) is 5.75 Å². The molecule has 1 aliphatic carbocycles. The molecular weight excluding hydrogens is 265 g/mol. The minimum Gasteiger partial charge on any atom is -0.483 e. The minimum atomic E-state index is -0.818. The van der Waals surface area contributed by atoms with Gasteiger partial charge in [0, 0.05) is 11.5 Å². The zero-order chi connectivity index (χ0) is 14.7. The number of hydrogen-bond acceptors (Lipinski definition) is 4. The van der Waals surface area contributed by atoms with Crippen LogP contribution < -0.4 is 4.74 Å². The number of Topliss-reactive ketones (excluding diaryl/α,β-unsaturated/α-hetero) is 1. The normalized spacial score (nSPS) is 15.3. The number of carbonyl (C=O) groups is 1. The Morgan fingerprint density at radius 3 is 2.70 bits per heavy atom. The van der Waals surface area contributed by atoms with Gasteiger partial charge in [-0.25, -0.2) is 4.39 Å². The molecule has 1 aromatic rings. The summed E-state index contributed by atoms with van der Waals surface area (Å²) in [6, 6.07) is 2.08. The van der Waals surface area contributed by atoms with Crippen molar-refractivity contribution >= 4 is 11.5 Å². The second kappa shape index (κ2) is 5.98. The van der Waals surface area contributed by atoms with E-state index >= 15 is 0 Å². The highest BCUT2D eigenvalue weighted by Crippen LogP contribution is 2.28. The van der Waals surface area contributed by atoms with E-state index in [1.165, 1.54) is 13.0 Å². The molecule has 0 bridgehead atoms. The highest BCUT2D eigenvalue weighted by molar-refractivity contribution is 5.82. The largest absolute Gasteiger partial charge is 0.483 e. The number of hydrogen-bond donors (Lipinski definition) is 0. The van der Waals surface area contributed by atoms with Crippen molar-refractivity contribution in [2.45, 2.75) is 32.6 Å². The first-order chi connectivity index (χ1) is 9.49. The van der Waals surface area contributed by atoms with Gasteiger partial charge in [0.1, 0.15) is 6.61 Å². The second-order valence-corrected chi connectivity index (χ2v) is 5.06. The van der Waals surface area contributed by atoms with Crippen molar-refractivity contribution in [1.82, 2.24) is 0 Å². The number of nitro groups is 1. The van der Waals surface area contributed by atoms with Crippen molar-refractivity contribution in [2.24, 2.45) is 5.92 Å². The number of nitrogens with zero attached hydrogens (tertiary/aromatic N) is 1. The summed E-state index contributed by atoms with van der Waals surface area (Å²) in [7, 11) is 0. The van der Waals surface area contributed by atoms with Gasteiger partial charge >= 0.3 is 0 Å². The minimum absolute atomic E-state index is 0.0113. The van der Waals surface area contributed by atoms with Gasteiger partial charge in [-0.2, -0.15) is 0 Å². The molecule has 1 fully saturated rings. The molecule has 6 heteroatoms. The van der Waals surface area contributed by atoms with Crippen molar-refractivity contribution in [3.8, 4) is 5.75 Å². The van der Waals surface area contributed by atoms with E-state index in [-0.39, 0.29) is 29.7 Å². The van der Waals surface area contributed by atoms with Crippen LogP contribution >= 0.6 is 0 Å². The lowest BCUT2D eigenvalue weighted by molar-refractivity contribution is -0.385. The van der Waals surface area contributed by atoms with Gasteiger partial charge in [0.2, 0.25) is 0 Å². The van der Waals surface area contributed by atoms with E-state index in [1.807, 2.05) is 0 Å². The number of halogens is 1. The molecule has 0 spiro atoms. The third-order valence-corrected chi connectivity index (χ3v) is 3.63. The maximum absolute atomic E-state index is 13.7. The third kappa shape index (κ3) is 3.12. The fraction of sp³-hybridized carbons (Fsp3) is 0.500. The molecule has 0 unspecified atom stereocenters. The zero-order valence-corrected chi connectivity index (χ0v) is 11.2. The number of rotatable bonds is 5. The van der Waals surface area contributed by atoms with Gasteiger partial charge in [0.05, 0.1) is 11.0 Å². The Hall–Kier alpha value is -1.98. The van der Waals surface area contributed by atoms with E-state index in [4.69, 9.17) is 4.74 Å². The molecule has 0 aromatic heterocycles. The molecule has 108 valence electrons. The number of benzene rings is 1. The molecule has 20 heavy (non-hydrogen) atoms. The molecule has 1 aliphatic rings. The number of nitro benzene ring substituents is 1. The smallest absolute Gasteiger partial charge is 0.275 e. The van der Waals surface area contributed by atoms with Crippen molar-refractivity contribution in [3.63, 3.8) is 0 Å². The molecule has 5 nitrogen and oxygen atoms in total. The summed E-state index contributed by atoms with van der Waals surface area (Å²) in [5.41, 5.74) is 0.0108. The lowest BCUT2D eigenvalue weighted by atomic mass is 10.0. The predicted molar refractivity (Wildman–Crippen MR) is 70.3 cm³/mol. The van der Waals surface area contributed by atoms with Crippen LogP contribution in [0.4, 0.5) is 10.1 Å². The first kappa shape index (κ1) is 14.4. The van der Waals surface area contributed by atoms with E-state index in [2.05, 4.69) is 0 Å². The fourth-order valence-corrected chi connectivity index (χ4v) is 2.47. The van der Waals surface area contributed by atoms with E-state index < -0.39 is 10.7 Å². The van der Waals surface area contributed by atoms with Crippen LogP contribution in [-0.4, -0.2) is 17.3 Å². The average molecular weight is 281 g/mol. The van der Waals surface area contributed by atoms with E-state index in [9.17, 15) is 19.3 Å². The summed E-state index contributed by atoms with van der Waals surface area (Å²) in [4.78, 5) is 21.9. The van der Waals surface area contributed by atoms with E-state index in [0.717, 1.165) is 31.7 Å². The molecule has 1 aromatic carbocycles. The van der Waals surface area contributed by atoms with Gasteiger partial charge in [-0.1, -0.05) is 12.8 Å². The highest BCUT2D eigenvalue weighted by atomic mass is 19.1. The van der Waals surface area contributed by atoms with Gasteiger partial charge in [-0.15, -0.1) is 0 Å². The SMILES string of the molecule is Cc1cc(OCC(=O)C2CCCC2)c(F)cc1[N+](=O)[O-]. The van der Waals surface area contributed by atoms with Gasteiger partial charge < -0.3 is 4.74 Å². The third-order valence-electron chi connectivity index (χ3n) is 3.63. The van der Waals surface area contributed by atoms with E-state index in [1.54, 1.807) is 0 Å². The second-order valence-electron chi connectivity index (χ2n) is 5.06. The van der Waals surface area contributed by atoms with Gasteiger partial charge in [0.25, 0.3) is 5.69 Å². The molecule has 0 atom stereocenters.